The zero-order valence-electron chi connectivity index (χ0n) is 20.7. The molecule has 0 fully saturated rings. The van der Waals surface area contributed by atoms with Crippen LogP contribution >= 0.6 is 27.5 Å². The van der Waals surface area contributed by atoms with E-state index in [0.717, 1.165) is 32.6 Å². The maximum atomic E-state index is 13.7. The Morgan fingerprint density at radius 3 is 2.23 bits per heavy atom. The molecule has 0 aromatic heterocycles. The number of amides is 2. The number of aryl methyl sites for hydroxylation is 1. The van der Waals surface area contributed by atoms with Crippen LogP contribution in [0.4, 0.5) is 5.69 Å². The maximum Gasteiger partial charge on any atom is 0.244 e. The molecule has 0 spiro atoms. The smallest absolute Gasteiger partial charge is 0.244 e. The number of sulfonamides is 1. The number of anilines is 1. The number of nitrogens with zero attached hydrogens (tertiary/aromatic N) is 2. The van der Waals surface area contributed by atoms with Crippen LogP contribution in [0.3, 0.4) is 0 Å². The van der Waals surface area contributed by atoms with Crippen LogP contribution in [-0.2, 0) is 26.2 Å². The Hall–Kier alpha value is -2.10. The molecule has 0 aliphatic rings. The Kier molecular flexibility index (Phi) is 10.6. The molecular weight excluding hydrogens is 554 g/mol. The number of hydrogen-bond donors (Lipinski definition) is 1. The predicted octanol–water partition coefficient (Wildman–Crippen LogP) is 4.90. The van der Waals surface area contributed by atoms with E-state index in [1.54, 1.807) is 42.5 Å². The summed E-state index contributed by atoms with van der Waals surface area (Å²) in [5.74, 6) is -0.744. The summed E-state index contributed by atoms with van der Waals surface area (Å²) >= 11 is 9.43. The van der Waals surface area contributed by atoms with Gasteiger partial charge in [-0.2, -0.15) is 0 Å². The van der Waals surface area contributed by atoms with Crippen LogP contribution in [0.15, 0.2) is 46.9 Å². The van der Waals surface area contributed by atoms with Crippen LogP contribution < -0.4 is 9.62 Å². The molecule has 192 valence electrons. The molecule has 2 aromatic rings. The first kappa shape index (κ1) is 29.1. The molecule has 7 nitrogen and oxygen atoms in total. The molecule has 0 saturated carbocycles. The lowest BCUT2D eigenvalue weighted by Gasteiger charge is -2.33. The fourth-order valence-corrected chi connectivity index (χ4v) is 4.76. The molecule has 0 unspecified atom stereocenters. The van der Waals surface area contributed by atoms with Gasteiger partial charge >= 0.3 is 0 Å². The van der Waals surface area contributed by atoms with E-state index in [2.05, 4.69) is 21.2 Å². The molecule has 2 amide bonds. The highest BCUT2D eigenvalue weighted by Gasteiger charge is 2.32. The summed E-state index contributed by atoms with van der Waals surface area (Å²) in [6.07, 6.45) is 2.18. The third-order valence-corrected chi connectivity index (χ3v) is 8.04. The Bertz CT molecular complexity index is 1140. The summed E-state index contributed by atoms with van der Waals surface area (Å²) in [4.78, 5) is 28.2. The van der Waals surface area contributed by atoms with Crippen LogP contribution in [0.2, 0.25) is 5.02 Å². The van der Waals surface area contributed by atoms with E-state index in [4.69, 9.17) is 11.6 Å². The fraction of sp³-hybridized carbons (Fsp3) is 0.440. The topological polar surface area (TPSA) is 86.8 Å². The number of halogens is 2. The first-order chi connectivity index (χ1) is 16.4. The zero-order chi connectivity index (χ0) is 26.3. The Balaban J connectivity index is 2.45. The van der Waals surface area contributed by atoms with Crippen molar-refractivity contribution in [3.8, 4) is 0 Å². The lowest BCUT2D eigenvalue weighted by molar-refractivity contribution is -0.140. The second-order valence-electron chi connectivity index (χ2n) is 8.59. The second kappa shape index (κ2) is 12.7. The van der Waals surface area contributed by atoms with E-state index in [9.17, 15) is 18.0 Å². The summed E-state index contributed by atoms with van der Waals surface area (Å²) in [5, 5.41) is 3.51. The van der Waals surface area contributed by atoms with Crippen molar-refractivity contribution in [3.63, 3.8) is 0 Å². The van der Waals surface area contributed by atoms with Crippen LogP contribution in [-0.4, -0.2) is 50.0 Å². The maximum absolute atomic E-state index is 13.7. The highest BCUT2D eigenvalue weighted by Crippen LogP contribution is 2.25. The van der Waals surface area contributed by atoms with E-state index < -0.39 is 28.5 Å². The lowest BCUT2D eigenvalue weighted by Crippen LogP contribution is -2.53. The minimum absolute atomic E-state index is 0.0534. The lowest BCUT2D eigenvalue weighted by atomic mass is 10.1. The van der Waals surface area contributed by atoms with Gasteiger partial charge in [0.15, 0.2) is 0 Å². The largest absolute Gasteiger partial charge is 0.352 e. The average molecular weight is 587 g/mol. The molecule has 0 aliphatic heterocycles. The van der Waals surface area contributed by atoms with E-state index in [1.165, 1.54) is 4.90 Å². The molecule has 1 N–H and O–H groups in total. The number of hydrogen-bond acceptors (Lipinski definition) is 4. The van der Waals surface area contributed by atoms with E-state index in [1.807, 2.05) is 27.7 Å². The zero-order valence-corrected chi connectivity index (χ0v) is 23.9. The van der Waals surface area contributed by atoms with Crippen LogP contribution in [0, 0.1) is 6.92 Å². The molecule has 2 atom stereocenters. The third kappa shape index (κ3) is 8.22. The van der Waals surface area contributed by atoms with Gasteiger partial charge in [0.05, 0.1) is 11.9 Å². The quantitative estimate of drug-likeness (QED) is 0.406. The summed E-state index contributed by atoms with van der Waals surface area (Å²) in [6, 6.07) is 11.3. The van der Waals surface area contributed by atoms with Gasteiger partial charge in [-0.25, -0.2) is 8.42 Å². The van der Waals surface area contributed by atoms with E-state index in [0.29, 0.717) is 17.1 Å². The number of nitrogens with one attached hydrogen (secondary N) is 1. The van der Waals surface area contributed by atoms with Crippen LogP contribution in [0.1, 0.15) is 44.7 Å². The Labute approximate surface area is 222 Å². The molecule has 0 saturated heterocycles. The standard InChI is InChI=1S/C25H33BrClN3O4S/c1-6-18(4)28-25(32)23(7-2)29(15-19-8-10-20(27)11-9-19)24(31)16-30(35(5,33)34)21-12-13-22(26)17(3)14-21/h8-14,18,23H,6-7,15-16H2,1-5H3,(H,28,32)/t18-,23+/m1/s1. The minimum atomic E-state index is -3.78. The van der Waals surface area contributed by atoms with Crippen LogP contribution in [0.25, 0.3) is 0 Å². The van der Waals surface area contributed by atoms with Crippen molar-refractivity contribution in [1.29, 1.82) is 0 Å². The highest BCUT2D eigenvalue weighted by molar-refractivity contribution is 9.10. The SMILES string of the molecule is CC[C@@H](C)NC(=O)[C@H](CC)N(Cc1ccc(Cl)cc1)C(=O)CN(c1ccc(Br)c(C)c1)S(C)(=O)=O. The normalized spacial score (nSPS) is 13.1. The van der Waals surface area contributed by atoms with Gasteiger partial charge in [-0.05, 0) is 68.1 Å². The molecule has 35 heavy (non-hydrogen) atoms. The molecule has 0 heterocycles. The first-order valence-electron chi connectivity index (χ1n) is 11.5. The van der Waals surface area contributed by atoms with E-state index in [-0.39, 0.29) is 18.5 Å². The first-order valence-corrected chi connectivity index (χ1v) is 14.5. The van der Waals surface area contributed by atoms with Crippen molar-refractivity contribution in [2.24, 2.45) is 0 Å². The predicted molar refractivity (Wildman–Crippen MR) is 145 cm³/mol. The van der Waals surface area contributed by atoms with Gasteiger partial charge in [-0.15, -0.1) is 0 Å². The average Bonchev–Trinajstić information content (AvgIpc) is 2.79. The van der Waals surface area contributed by atoms with Crippen molar-refractivity contribution >= 4 is 55.1 Å². The molecular formula is C25H33BrClN3O4S. The molecule has 2 aromatic carbocycles. The van der Waals surface area contributed by atoms with E-state index >= 15 is 0 Å². The van der Waals surface area contributed by atoms with Crippen molar-refractivity contribution in [1.82, 2.24) is 10.2 Å². The van der Waals surface area contributed by atoms with Gasteiger partial charge in [0, 0.05) is 22.1 Å². The second-order valence-corrected chi connectivity index (χ2v) is 11.8. The Morgan fingerprint density at radius 1 is 1.09 bits per heavy atom. The number of benzene rings is 2. The van der Waals surface area contributed by atoms with Crippen molar-refractivity contribution in [3.05, 3.63) is 63.1 Å². The number of carbonyl (C=O) groups excluding carboxylic acids is 2. The van der Waals surface area contributed by atoms with Crippen molar-refractivity contribution in [2.45, 2.75) is 59.2 Å². The van der Waals surface area contributed by atoms with Gasteiger partial charge in [0.1, 0.15) is 12.6 Å². The van der Waals surface area contributed by atoms with Gasteiger partial charge in [-0.1, -0.05) is 53.5 Å². The van der Waals surface area contributed by atoms with Gasteiger partial charge in [0.25, 0.3) is 0 Å². The molecule has 2 rings (SSSR count). The highest BCUT2D eigenvalue weighted by atomic mass is 79.9. The van der Waals surface area contributed by atoms with Crippen molar-refractivity contribution < 1.29 is 18.0 Å². The molecule has 0 aliphatic carbocycles. The summed E-state index contributed by atoms with van der Waals surface area (Å²) in [7, 11) is -3.78. The van der Waals surface area contributed by atoms with Crippen LogP contribution in [0.5, 0.6) is 0 Å². The molecule has 0 radical (unpaired) electrons. The van der Waals surface area contributed by atoms with Crippen molar-refractivity contribution in [2.75, 3.05) is 17.1 Å². The van der Waals surface area contributed by atoms with Gasteiger partial charge in [-0.3, -0.25) is 13.9 Å². The minimum Gasteiger partial charge on any atom is -0.352 e. The number of carbonyl (C=O) groups is 2. The summed E-state index contributed by atoms with van der Waals surface area (Å²) < 4.78 is 27.3. The monoisotopic (exact) mass is 585 g/mol. The summed E-state index contributed by atoms with van der Waals surface area (Å²) in [6.45, 7) is 7.24. The van der Waals surface area contributed by atoms with Gasteiger partial charge < -0.3 is 10.2 Å². The summed E-state index contributed by atoms with van der Waals surface area (Å²) in [5.41, 5.74) is 1.99. The number of rotatable bonds is 11. The fourth-order valence-electron chi connectivity index (χ4n) is 3.54. The third-order valence-electron chi connectivity index (χ3n) is 5.76. The Morgan fingerprint density at radius 2 is 1.71 bits per heavy atom. The van der Waals surface area contributed by atoms with Gasteiger partial charge in [0.2, 0.25) is 21.8 Å². The molecule has 0 bridgehead atoms. The molecule has 10 heteroatoms.